The first-order valence-corrected chi connectivity index (χ1v) is 9.70. The summed E-state index contributed by atoms with van der Waals surface area (Å²) < 4.78 is 32.3. The molecular weight excluding hydrogens is 392 g/mol. The summed E-state index contributed by atoms with van der Waals surface area (Å²) in [6.45, 7) is 0. The summed E-state index contributed by atoms with van der Waals surface area (Å²) in [5, 5.41) is -0.0247. The zero-order valence-electron chi connectivity index (χ0n) is 15.0. The molecular formula is C18H19ClN2O5S. The van der Waals surface area contributed by atoms with Crippen molar-refractivity contribution in [3.63, 3.8) is 0 Å². The van der Waals surface area contributed by atoms with E-state index in [1.165, 1.54) is 24.1 Å². The number of esters is 1. The van der Waals surface area contributed by atoms with Crippen LogP contribution in [0.25, 0.3) is 0 Å². The fourth-order valence-corrected chi connectivity index (χ4v) is 3.77. The molecule has 0 aromatic heterocycles. The molecule has 2 aromatic carbocycles. The van der Waals surface area contributed by atoms with Crippen molar-refractivity contribution in [3.8, 4) is 0 Å². The number of carbonyl (C=O) groups excluding carboxylic acids is 2. The Morgan fingerprint density at radius 3 is 2.30 bits per heavy atom. The fourth-order valence-electron chi connectivity index (χ4n) is 2.19. The molecule has 1 amide bonds. The highest BCUT2D eigenvalue weighted by Gasteiger charge is 2.21. The van der Waals surface area contributed by atoms with Gasteiger partial charge in [0.1, 0.15) is 4.90 Å². The van der Waals surface area contributed by atoms with E-state index in [1.54, 1.807) is 38.4 Å². The van der Waals surface area contributed by atoms with E-state index in [9.17, 15) is 18.0 Å². The second kappa shape index (κ2) is 8.41. The number of nitrogens with one attached hydrogen (secondary N) is 1. The molecule has 0 fully saturated rings. The minimum atomic E-state index is -4.02. The average molecular weight is 411 g/mol. The summed E-state index contributed by atoms with van der Waals surface area (Å²) in [7, 11) is 0.505. The standard InChI is InChI=1S/C18H19ClN2O5S/c1-21(2)17(22)10-12-4-7-14(8-5-12)20-27(24,25)16-11-13(18(23)26-3)6-9-15(16)19/h4-9,11,20H,10H2,1-3H3. The van der Waals surface area contributed by atoms with E-state index in [0.29, 0.717) is 5.69 Å². The molecule has 2 rings (SSSR count). The van der Waals surface area contributed by atoms with Crippen LogP contribution in [-0.4, -0.2) is 46.4 Å². The van der Waals surface area contributed by atoms with Crippen LogP contribution in [0.4, 0.5) is 5.69 Å². The van der Waals surface area contributed by atoms with Gasteiger partial charge in [-0.15, -0.1) is 0 Å². The molecule has 0 radical (unpaired) electrons. The Balaban J connectivity index is 2.24. The summed E-state index contributed by atoms with van der Waals surface area (Å²) in [5.74, 6) is -0.729. The van der Waals surface area contributed by atoms with Gasteiger partial charge in [-0.05, 0) is 35.9 Å². The largest absolute Gasteiger partial charge is 0.465 e. The van der Waals surface area contributed by atoms with Crippen LogP contribution < -0.4 is 4.72 Å². The molecule has 1 N–H and O–H groups in total. The Hall–Kier alpha value is -2.58. The molecule has 0 aliphatic carbocycles. The molecule has 0 aliphatic rings. The van der Waals surface area contributed by atoms with E-state index >= 15 is 0 Å². The summed E-state index contributed by atoms with van der Waals surface area (Å²) in [4.78, 5) is 24.6. The quantitative estimate of drug-likeness (QED) is 0.739. The van der Waals surface area contributed by atoms with Crippen molar-refractivity contribution in [2.24, 2.45) is 0 Å². The molecule has 2 aromatic rings. The number of likely N-dealkylation sites (N-methyl/N-ethyl adjacent to an activating group) is 1. The van der Waals surface area contributed by atoms with Gasteiger partial charge in [-0.2, -0.15) is 0 Å². The Bertz CT molecular complexity index is 956. The third-order valence-corrected chi connectivity index (χ3v) is 5.56. The highest BCUT2D eigenvalue weighted by molar-refractivity contribution is 7.92. The maximum atomic E-state index is 12.6. The van der Waals surface area contributed by atoms with Crippen LogP contribution in [-0.2, 0) is 26.0 Å². The normalized spacial score (nSPS) is 11.0. The summed E-state index contributed by atoms with van der Waals surface area (Å²) in [6, 6.07) is 10.3. The lowest BCUT2D eigenvalue weighted by molar-refractivity contribution is -0.127. The number of ether oxygens (including phenoxy) is 1. The van der Waals surface area contributed by atoms with Gasteiger partial charge in [-0.1, -0.05) is 23.7 Å². The number of nitrogens with zero attached hydrogens (tertiary/aromatic N) is 1. The number of carbonyl (C=O) groups is 2. The van der Waals surface area contributed by atoms with E-state index in [-0.39, 0.29) is 27.8 Å². The summed E-state index contributed by atoms with van der Waals surface area (Å²) in [6.07, 6.45) is 0.215. The van der Waals surface area contributed by atoms with E-state index in [2.05, 4.69) is 9.46 Å². The van der Waals surface area contributed by atoms with Gasteiger partial charge in [-0.3, -0.25) is 9.52 Å². The van der Waals surface area contributed by atoms with E-state index in [1.807, 2.05) is 0 Å². The lowest BCUT2D eigenvalue weighted by atomic mass is 10.1. The van der Waals surface area contributed by atoms with Crippen molar-refractivity contribution >= 4 is 39.2 Å². The zero-order valence-corrected chi connectivity index (χ0v) is 16.6. The molecule has 144 valence electrons. The predicted molar refractivity (Wildman–Crippen MR) is 102 cm³/mol. The number of hydrogen-bond acceptors (Lipinski definition) is 5. The predicted octanol–water partition coefficient (Wildman–Crippen LogP) is 2.56. The molecule has 0 saturated carbocycles. The van der Waals surface area contributed by atoms with Crippen molar-refractivity contribution in [1.82, 2.24) is 4.90 Å². The third kappa shape index (κ3) is 5.21. The lowest BCUT2D eigenvalue weighted by Gasteiger charge is -2.12. The van der Waals surface area contributed by atoms with Crippen LogP contribution in [0.5, 0.6) is 0 Å². The van der Waals surface area contributed by atoms with Crippen LogP contribution in [0, 0.1) is 0 Å². The Labute approximate surface area is 162 Å². The number of hydrogen-bond donors (Lipinski definition) is 1. The first-order valence-electron chi connectivity index (χ1n) is 7.84. The number of sulfonamides is 1. The SMILES string of the molecule is COC(=O)c1ccc(Cl)c(S(=O)(=O)Nc2ccc(CC(=O)N(C)C)cc2)c1. The Morgan fingerprint density at radius 1 is 1.11 bits per heavy atom. The second-order valence-electron chi connectivity index (χ2n) is 5.90. The molecule has 0 saturated heterocycles. The van der Waals surface area contributed by atoms with Crippen LogP contribution in [0.15, 0.2) is 47.4 Å². The molecule has 0 aliphatic heterocycles. The van der Waals surface area contributed by atoms with E-state index in [4.69, 9.17) is 11.6 Å². The number of benzene rings is 2. The van der Waals surface area contributed by atoms with Gasteiger partial charge < -0.3 is 9.64 Å². The Morgan fingerprint density at radius 2 is 1.74 bits per heavy atom. The van der Waals surface area contributed by atoms with E-state index in [0.717, 1.165) is 11.6 Å². The average Bonchev–Trinajstić information content (AvgIpc) is 2.62. The summed E-state index contributed by atoms with van der Waals surface area (Å²) in [5.41, 5.74) is 1.12. The van der Waals surface area contributed by atoms with Gasteiger partial charge in [0.05, 0.1) is 24.1 Å². The monoisotopic (exact) mass is 410 g/mol. The van der Waals surface area contributed by atoms with Crippen molar-refractivity contribution < 1.29 is 22.7 Å². The highest BCUT2D eigenvalue weighted by atomic mass is 35.5. The molecule has 0 unspecified atom stereocenters. The van der Waals surface area contributed by atoms with Gasteiger partial charge in [0.2, 0.25) is 5.91 Å². The maximum absolute atomic E-state index is 12.6. The molecule has 0 atom stereocenters. The topological polar surface area (TPSA) is 92.8 Å². The Kier molecular flexibility index (Phi) is 6.45. The summed E-state index contributed by atoms with van der Waals surface area (Å²) >= 11 is 5.99. The van der Waals surface area contributed by atoms with Crippen molar-refractivity contribution in [3.05, 3.63) is 58.6 Å². The van der Waals surface area contributed by atoms with Gasteiger partial charge in [0, 0.05) is 19.8 Å². The molecule has 27 heavy (non-hydrogen) atoms. The molecule has 0 spiro atoms. The van der Waals surface area contributed by atoms with Crippen molar-refractivity contribution in [1.29, 1.82) is 0 Å². The minimum Gasteiger partial charge on any atom is -0.465 e. The van der Waals surface area contributed by atoms with Gasteiger partial charge >= 0.3 is 5.97 Å². The van der Waals surface area contributed by atoms with Gasteiger partial charge in [-0.25, -0.2) is 13.2 Å². The maximum Gasteiger partial charge on any atom is 0.337 e. The lowest BCUT2D eigenvalue weighted by Crippen LogP contribution is -2.23. The van der Waals surface area contributed by atoms with Gasteiger partial charge in [0.25, 0.3) is 10.0 Å². The molecule has 0 bridgehead atoms. The fraction of sp³-hybridized carbons (Fsp3) is 0.222. The first kappa shape index (κ1) is 20.7. The first-order chi connectivity index (χ1) is 12.6. The van der Waals surface area contributed by atoms with Crippen molar-refractivity contribution in [2.75, 3.05) is 25.9 Å². The molecule has 0 heterocycles. The minimum absolute atomic E-state index is 0.0247. The highest BCUT2D eigenvalue weighted by Crippen LogP contribution is 2.25. The van der Waals surface area contributed by atoms with Crippen LogP contribution in [0.1, 0.15) is 15.9 Å². The number of anilines is 1. The van der Waals surface area contributed by atoms with Crippen LogP contribution in [0.2, 0.25) is 5.02 Å². The number of methoxy groups -OCH3 is 1. The van der Waals surface area contributed by atoms with Crippen LogP contribution >= 0.6 is 11.6 Å². The van der Waals surface area contributed by atoms with E-state index < -0.39 is 16.0 Å². The molecule has 7 nitrogen and oxygen atoms in total. The number of rotatable bonds is 6. The second-order valence-corrected chi connectivity index (χ2v) is 7.96. The van der Waals surface area contributed by atoms with Crippen molar-refractivity contribution in [2.45, 2.75) is 11.3 Å². The zero-order chi connectivity index (χ0) is 20.2. The third-order valence-electron chi connectivity index (χ3n) is 3.70. The number of halogens is 1. The number of amides is 1. The smallest absolute Gasteiger partial charge is 0.337 e. The van der Waals surface area contributed by atoms with Gasteiger partial charge in [0.15, 0.2) is 0 Å². The molecule has 9 heteroatoms. The van der Waals surface area contributed by atoms with Crippen LogP contribution in [0.3, 0.4) is 0 Å².